The van der Waals surface area contributed by atoms with Crippen LogP contribution in [0.15, 0.2) is 18.2 Å². The third-order valence-electron chi connectivity index (χ3n) is 3.58. The Bertz CT molecular complexity index is 572. The van der Waals surface area contributed by atoms with Crippen molar-refractivity contribution in [3.8, 4) is 0 Å². The van der Waals surface area contributed by atoms with Gasteiger partial charge in [-0.3, -0.25) is 0 Å². The number of halogens is 5. The Labute approximate surface area is 128 Å². The molecule has 122 valence electrons. The Hall–Kier alpha value is -1.54. The van der Waals surface area contributed by atoms with E-state index >= 15 is 0 Å². The predicted octanol–water partition coefficient (Wildman–Crippen LogP) is 3.40. The van der Waals surface area contributed by atoms with Crippen molar-refractivity contribution in [3.63, 3.8) is 0 Å². The molecule has 0 atom stereocenters. The van der Waals surface area contributed by atoms with E-state index in [9.17, 15) is 27.5 Å². The van der Waals surface area contributed by atoms with Gasteiger partial charge in [-0.15, -0.1) is 0 Å². The zero-order valence-electron chi connectivity index (χ0n) is 11.3. The van der Waals surface area contributed by atoms with Crippen LogP contribution in [-0.4, -0.2) is 40.9 Å². The summed E-state index contributed by atoms with van der Waals surface area (Å²) in [6.07, 6.45) is -5.97. The largest absolute Gasteiger partial charge is 0.417 e. The molecule has 0 saturated carbocycles. The van der Waals surface area contributed by atoms with Gasteiger partial charge < -0.3 is 15.3 Å². The number of hydrogen-bond acceptors (Lipinski definition) is 2. The lowest BCUT2D eigenvalue weighted by Gasteiger charge is -2.38. The molecule has 1 saturated heterocycles. The van der Waals surface area contributed by atoms with E-state index in [-0.39, 0.29) is 23.8 Å². The van der Waals surface area contributed by atoms with Gasteiger partial charge in [0.25, 0.3) is 0 Å². The maximum absolute atomic E-state index is 13.6. The number of carbonyl (C=O) groups excluding carboxylic acids is 1. The number of aliphatic hydroxyl groups is 1. The number of nitrogens with one attached hydrogen (secondary N) is 1. The van der Waals surface area contributed by atoms with Crippen molar-refractivity contribution < 1.29 is 27.5 Å². The molecule has 0 aromatic heterocycles. The summed E-state index contributed by atoms with van der Waals surface area (Å²) in [4.78, 5) is 13.0. The Morgan fingerprint density at radius 2 is 1.91 bits per heavy atom. The first kappa shape index (κ1) is 16.8. The molecule has 4 nitrogen and oxygen atoms in total. The summed E-state index contributed by atoms with van der Waals surface area (Å²) < 4.78 is 51.5. The minimum absolute atomic E-state index is 0.119. The number of nitrogens with zero attached hydrogens (tertiary/aromatic N) is 1. The summed E-state index contributed by atoms with van der Waals surface area (Å²) in [5, 5.41) is 11.9. The average molecular weight is 341 g/mol. The number of carbonyl (C=O) groups is 1. The van der Waals surface area contributed by atoms with Crippen molar-refractivity contribution in [1.82, 2.24) is 4.90 Å². The van der Waals surface area contributed by atoms with Crippen molar-refractivity contribution in [1.29, 1.82) is 0 Å². The minimum atomic E-state index is -4.74. The van der Waals surface area contributed by atoms with Crippen LogP contribution >= 0.6 is 11.6 Å². The lowest BCUT2D eigenvalue weighted by Crippen LogP contribution is -2.55. The minimum Gasteiger partial charge on any atom is -0.380 e. The van der Waals surface area contributed by atoms with E-state index in [4.69, 9.17) is 11.6 Å². The van der Waals surface area contributed by atoms with Crippen molar-refractivity contribution in [2.24, 2.45) is 0 Å². The van der Waals surface area contributed by atoms with E-state index in [1.807, 2.05) is 0 Å². The predicted molar refractivity (Wildman–Crippen MR) is 72.2 cm³/mol. The van der Waals surface area contributed by atoms with Gasteiger partial charge in [0.1, 0.15) is 5.82 Å². The third-order valence-corrected chi connectivity index (χ3v) is 3.81. The maximum Gasteiger partial charge on any atom is 0.417 e. The molecule has 0 aliphatic carbocycles. The van der Waals surface area contributed by atoms with Crippen LogP contribution in [0.2, 0.25) is 5.02 Å². The second kappa shape index (κ2) is 5.92. The number of anilines is 1. The summed E-state index contributed by atoms with van der Waals surface area (Å²) >= 11 is 5.58. The van der Waals surface area contributed by atoms with Gasteiger partial charge in [-0.25, -0.2) is 9.18 Å². The van der Waals surface area contributed by atoms with Crippen LogP contribution in [0.5, 0.6) is 0 Å². The first-order valence-corrected chi connectivity index (χ1v) is 6.80. The van der Waals surface area contributed by atoms with Crippen molar-refractivity contribution in [2.45, 2.75) is 24.6 Å². The molecule has 1 heterocycles. The zero-order valence-corrected chi connectivity index (χ0v) is 12.0. The summed E-state index contributed by atoms with van der Waals surface area (Å²) in [5.41, 5.74) is -2.90. The van der Waals surface area contributed by atoms with E-state index in [1.165, 1.54) is 12.1 Å². The summed E-state index contributed by atoms with van der Waals surface area (Å²) in [5.74, 6) is -0.746. The van der Waals surface area contributed by atoms with Crippen LogP contribution in [-0.2, 0) is 0 Å². The molecule has 0 spiro atoms. The van der Waals surface area contributed by atoms with Crippen molar-refractivity contribution in [3.05, 3.63) is 29.0 Å². The maximum atomic E-state index is 13.6. The Balaban J connectivity index is 1.98. The van der Waals surface area contributed by atoms with E-state index in [0.29, 0.717) is 0 Å². The van der Waals surface area contributed by atoms with Crippen LogP contribution in [0.1, 0.15) is 12.8 Å². The number of rotatable bonds is 1. The molecule has 0 unspecified atom stereocenters. The molecular formula is C13H13ClF4N2O2. The van der Waals surface area contributed by atoms with Crippen molar-refractivity contribution >= 4 is 23.3 Å². The number of hydrogen-bond donors (Lipinski definition) is 2. The van der Waals surface area contributed by atoms with E-state index in [1.54, 1.807) is 0 Å². The SMILES string of the molecule is O=C(Nc1ccc(Cl)cc1F)N1CCC(O)(C(F)(F)F)CC1. The molecule has 2 N–H and O–H groups in total. The third kappa shape index (κ3) is 3.44. The molecule has 9 heteroatoms. The van der Waals surface area contributed by atoms with E-state index < -0.39 is 36.5 Å². The molecule has 22 heavy (non-hydrogen) atoms. The van der Waals surface area contributed by atoms with Gasteiger partial charge in [-0.2, -0.15) is 13.2 Å². The normalized spacial score (nSPS) is 18.2. The first-order chi connectivity index (χ1) is 10.1. The molecule has 1 aromatic carbocycles. The van der Waals surface area contributed by atoms with Gasteiger partial charge in [0.05, 0.1) is 5.69 Å². The lowest BCUT2D eigenvalue weighted by molar-refractivity contribution is -0.271. The van der Waals surface area contributed by atoms with Crippen LogP contribution in [0.25, 0.3) is 0 Å². The molecule has 1 aliphatic rings. The molecule has 0 radical (unpaired) electrons. The average Bonchev–Trinajstić information content (AvgIpc) is 2.41. The fourth-order valence-electron chi connectivity index (χ4n) is 2.15. The van der Waals surface area contributed by atoms with Gasteiger partial charge >= 0.3 is 12.2 Å². The number of alkyl halides is 3. The molecule has 0 bridgehead atoms. The van der Waals surface area contributed by atoms with E-state index in [0.717, 1.165) is 11.0 Å². The van der Waals surface area contributed by atoms with Gasteiger partial charge in [0, 0.05) is 31.0 Å². The molecule has 1 aliphatic heterocycles. The van der Waals surface area contributed by atoms with Gasteiger partial charge in [0.2, 0.25) is 0 Å². The smallest absolute Gasteiger partial charge is 0.380 e. The van der Waals surface area contributed by atoms with Crippen LogP contribution < -0.4 is 5.32 Å². The number of likely N-dealkylation sites (tertiary alicyclic amines) is 1. The Kier molecular flexibility index (Phi) is 4.53. The van der Waals surface area contributed by atoms with Gasteiger partial charge in [-0.05, 0) is 18.2 Å². The highest BCUT2D eigenvalue weighted by atomic mass is 35.5. The van der Waals surface area contributed by atoms with Gasteiger partial charge in [-0.1, -0.05) is 11.6 Å². The quantitative estimate of drug-likeness (QED) is 0.770. The molecule has 1 fully saturated rings. The summed E-state index contributed by atoms with van der Waals surface area (Å²) in [6.45, 7) is -0.561. The summed E-state index contributed by atoms with van der Waals surface area (Å²) in [7, 11) is 0. The number of amides is 2. The van der Waals surface area contributed by atoms with Crippen LogP contribution in [0.4, 0.5) is 28.0 Å². The topological polar surface area (TPSA) is 52.6 Å². The lowest BCUT2D eigenvalue weighted by atomic mass is 9.91. The van der Waals surface area contributed by atoms with Crippen molar-refractivity contribution in [2.75, 3.05) is 18.4 Å². The van der Waals surface area contributed by atoms with Gasteiger partial charge in [0.15, 0.2) is 5.60 Å². The molecule has 2 amide bonds. The monoisotopic (exact) mass is 340 g/mol. The molecular weight excluding hydrogens is 328 g/mol. The molecule has 2 rings (SSSR count). The number of piperidine rings is 1. The number of benzene rings is 1. The highest BCUT2D eigenvalue weighted by Gasteiger charge is 2.54. The Morgan fingerprint density at radius 1 is 1.32 bits per heavy atom. The van der Waals surface area contributed by atoms with E-state index in [2.05, 4.69) is 5.32 Å². The highest BCUT2D eigenvalue weighted by molar-refractivity contribution is 6.30. The fraction of sp³-hybridized carbons (Fsp3) is 0.462. The fourth-order valence-corrected chi connectivity index (χ4v) is 2.31. The van der Waals surface area contributed by atoms with Crippen LogP contribution in [0, 0.1) is 5.82 Å². The number of urea groups is 1. The first-order valence-electron chi connectivity index (χ1n) is 6.42. The highest BCUT2D eigenvalue weighted by Crippen LogP contribution is 2.38. The molecule has 1 aromatic rings. The van der Waals surface area contributed by atoms with Crippen LogP contribution in [0.3, 0.4) is 0 Å². The Morgan fingerprint density at radius 3 is 2.41 bits per heavy atom. The zero-order chi connectivity index (χ0) is 16.5. The standard InChI is InChI=1S/C13H13ClF4N2O2/c14-8-1-2-10(9(15)7-8)19-11(21)20-5-3-12(22,4-6-20)13(16,17)18/h1-2,7,22H,3-6H2,(H,19,21). The second-order valence-corrected chi connectivity index (χ2v) is 5.51. The second-order valence-electron chi connectivity index (χ2n) is 5.07. The summed E-state index contributed by atoms with van der Waals surface area (Å²) in [6, 6.07) is 2.91.